The average Bonchev–Trinajstić information content (AvgIpc) is 3.51. The van der Waals surface area contributed by atoms with Crippen molar-refractivity contribution in [2.45, 2.75) is 64.1 Å². The van der Waals surface area contributed by atoms with E-state index < -0.39 is 0 Å². The lowest BCUT2D eigenvalue weighted by atomic mass is 9.93. The highest BCUT2D eigenvalue weighted by Crippen LogP contribution is 2.38. The zero-order valence-corrected chi connectivity index (χ0v) is 28.8. The lowest BCUT2D eigenvalue weighted by Crippen LogP contribution is -2.90. The number of hydrogen-bond donors (Lipinski definition) is 3. The standard InChI is InChI=1S/C44H45N3O2/c1-29(2)44(3,4)49-38-27-39(40(48)28-38)34-19-25-37(26-20-34)43-46-41(35-21-15-32(16-22-35)30-11-7-5-8-12-30)45-42(47-43)36-23-17-33(18-24-36)31-13-9-6-10-14-31/h5-26,28-29,38-39,41,43,46,48H,27H2,1-4H3,(H,45,47)/p+1. The molecule has 5 nitrogen and oxygen atoms in total. The molecule has 1 heterocycles. The van der Waals surface area contributed by atoms with Crippen LogP contribution in [0.4, 0.5) is 0 Å². The number of quaternary nitrogens is 1. The minimum absolute atomic E-state index is 0.0511. The third-order valence-electron chi connectivity index (χ3n) is 10.3. The average molecular weight is 649 g/mol. The maximum absolute atomic E-state index is 10.9. The van der Waals surface area contributed by atoms with Gasteiger partial charge in [0.05, 0.1) is 17.5 Å². The van der Waals surface area contributed by atoms with E-state index in [0.29, 0.717) is 11.7 Å². The highest BCUT2D eigenvalue weighted by molar-refractivity contribution is 5.99. The lowest BCUT2D eigenvalue weighted by Gasteiger charge is -2.32. The summed E-state index contributed by atoms with van der Waals surface area (Å²) in [5, 5.41) is 16.9. The second-order valence-electron chi connectivity index (χ2n) is 14.1. The molecule has 5 aromatic carbocycles. The Kier molecular flexibility index (Phi) is 9.22. The third-order valence-corrected chi connectivity index (χ3v) is 10.3. The summed E-state index contributed by atoms with van der Waals surface area (Å²) >= 11 is 0. The Morgan fingerprint density at radius 1 is 0.673 bits per heavy atom. The maximum Gasteiger partial charge on any atom is 0.209 e. The van der Waals surface area contributed by atoms with Crippen LogP contribution in [0.25, 0.3) is 22.3 Å². The van der Waals surface area contributed by atoms with Gasteiger partial charge in [-0.1, -0.05) is 147 Å². The van der Waals surface area contributed by atoms with E-state index in [9.17, 15) is 5.11 Å². The molecule has 0 bridgehead atoms. The van der Waals surface area contributed by atoms with Gasteiger partial charge in [0.15, 0.2) is 6.17 Å². The van der Waals surface area contributed by atoms with Crippen LogP contribution in [0.1, 0.15) is 74.6 Å². The second kappa shape index (κ2) is 13.9. The summed E-state index contributed by atoms with van der Waals surface area (Å²) in [6.07, 6.45) is 2.36. The van der Waals surface area contributed by atoms with Crippen LogP contribution in [0.5, 0.6) is 0 Å². The molecule has 0 saturated heterocycles. The minimum Gasteiger partial charge on any atom is -0.512 e. The fourth-order valence-corrected chi connectivity index (χ4v) is 6.67. The number of rotatable bonds is 9. The van der Waals surface area contributed by atoms with Crippen molar-refractivity contribution < 1.29 is 15.2 Å². The number of allylic oxidation sites excluding steroid dienone is 1. The van der Waals surface area contributed by atoms with E-state index in [-0.39, 0.29) is 30.0 Å². The largest absolute Gasteiger partial charge is 0.512 e. The van der Waals surface area contributed by atoms with E-state index in [2.05, 4.69) is 160 Å². The number of nitrogens with zero attached hydrogens (tertiary/aromatic N) is 1. The molecule has 248 valence electrons. The summed E-state index contributed by atoms with van der Waals surface area (Å²) in [5.74, 6) is 1.58. The van der Waals surface area contributed by atoms with E-state index >= 15 is 0 Å². The van der Waals surface area contributed by atoms with E-state index in [4.69, 9.17) is 9.73 Å². The number of aliphatic hydroxyl groups excluding tert-OH is 1. The van der Waals surface area contributed by atoms with Gasteiger partial charge < -0.3 is 15.2 Å². The summed E-state index contributed by atoms with van der Waals surface area (Å²) in [7, 11) is 0. The van der Waals surface area contributed by atoms with Crippen molar-refractivity contribution in [1.29, 1.82) is 0 Å². The molecule has 5 heteroatoms. The molecular formula is C44H46N3O2+. The number of aliphatic imine (C=N–C) groups is 1. The van der Waals surface area contributed by atoms with Gasteiger partial charge in [0.2, 0.25) is 6.17 Å². The number of ether oxygens (including phenoxy) is 1. The van der Waals surface area contributed by atoms with Gasteiger partial charge in [-0.2, -0.15) is 0 Å². The zero-order valence-electron chi connectivity index (χ0n) is 28.8. The molecule has 49 heavy (non-hydrogen) atoms. The van der Waals surface area contributed by atoms with Crippen molar-refractivity contribution in [2.75, 3.05) is 0 Å². The molecule has 4 N–H and O–H groups in total. The second-order valence-corrected chi connectivity index (χ2v) is 14.1. The molecule has 1 aliphatic heterocycles. The molecule has 4 unspecified atom stereocenters. The molecule has 0 radical (unpaired) electrons. The van der Waals surface area contributed by atoms with Crippen molar-refractivity contribution in [3.8, 4) is 22.3 Å². The third kappa shape index (κ3) is 7.24. The Morgan fingerprint density at radius 2 is 1.16 bits per heavy atom. The van der Waals surface area contributed by atoms with Gasteiger partial charge in [0, 0.05) is 22.6 Å². The van der Waals surface area contributed by atoms with E-state index in [0.717, 1.165) is 34.5 Å². The minimum atomic E-state index is -0.262. The molecule has 0 saturated carbocycles. The first kappa shape index (κ1) is 32.6. The Balaban J connectivity index is 1.14. The first-order valence-electron chi connectivity index (χ1n) is 17.4. The maximum atomic E-state index is 10.9. The van der Waals surface area contributed by atoms with E-state index in [1.165, 1.54) is 22.3 Å². The van der Waals surface area contributed by atoms with Crippen molar-refractivity contribution in [3.05, 3.63) is 168 Å². The smallest absolute Gasteiger partial charge is 0.209 e. The van der Waals surface area contributed by atoms with Crippen LogP contribution in [0, 0.1) is 5.92 Å². The highest BCUT2D eigenvalue weighted by atomic mass is 16.5. The molecular weight excluding hydrogens is 603 g/mol. The van der Waals surface area contributed by atoms with Gasteiger partial charge in [-0.3, -0.25) is 5.32 Å². The highest BCUT2D eigenvalue weighted by Gasteiger charge is 2.34. The van der Waals surface area contributed by atoms with Gasteiger partial charge >= 0.3 is 0 Å². The molecule has 0 amide bonds. The molecule has 5 aromatic rings. The van der Waals surface area contributed by atoms with Gasteiger partial charge in [-0.25, -0.2) is 4.99 Å². The summed E-state index contributed by atoms with van der Waals surface area (Å²) in [6.45, 7) is 8.59. The van der Waals surface area contributed by atoms with Gasteiger partial charge in [-0.05, 0) is 60.1 Å². The first-order chi connectivity index (χ1) is 23.7. The summed E-state index contributed by atoms with van der Waals surface area (Å²) in [4.78, 5) is 5.24. The number of nitrogens with two attached hydrogens (primary N) is 1. The molecule has 0 spiro atoms. The Labute approximate surface area is 290 Å². The Hall–Kier alpha value is -4.97. The van der Waals surface area contributed by atoms with Crippen LogP contribution in [-0.4, -0.2) is 22.6 Å². The number of hydrogen-bond acceptors (Lipinski definition) is 4. The SMILES string of the molecule is CC(C)C(C)(C)OC1C=C(O)C(c2ccc(C3NC(c4ccc(-c5ccccc5)cc4)=NC(c4ccc(-c5ccccc5)cc4)[NH2+]3)cc2)C1. The molecule has 2 aliphatic rings. The van der Waals surface area contributed by atoms with Gasteiger partial charge in [-0.15, -0.1) is 0 Å². The first-order valence-corrected chi connectivity index (χ1v) is 17.4. The molecule has 0 fully saturated rings. The van der Waals surface area contributed by atoms with Crippen molar-refractivity contribution in [3.63, 3.8) is 0 Å². The Morgan fingerprint density at radius 3 is 1.73 bits per heavy atom. The van der Waals surface area contributed by atoms with E-state index in [1.807, 2.05) is 18.2 Å². The fourth-order valence-electron chi connectivity index (χ4n) is 6.67. The van der Waals surface area contributed by atoms with Crippen LogP contribution in [-0.2, 0) is 4.74 Å². The van der Waals surface area contributed by atoms with Crippen LogP contribution >= 0.6 is 0 Å². The quantitative estimate of drug-likeness (QED) is 0.149. The molecule has 4 atom stereocenters. The zero-order chi connectivity index (χ0) is 34.0. The van der Waals surface area contributed by atoms with Crippen LogP contribution < -0.4 is 10.6 Å². The number of amidine groups is 1. The van der Waals surface area contributed by atoms with Crippen LogP contribution in [0.3, 0.4) is 0 Å². The molecule has 0 aromatic heterocycles. The molecule has 1 aliphatic carbocycles. The normalized spacial score (nSPS) is 20.8. The van der Waals surface area contributed by atoms with Gasteiger partial charge in [0.1, 0.15) is 5.84 Å². The van der Waals surface area contributed by atoms with Crippen molar-refractivity contribution in [1.82, 2.24) is 5.32 Å². The number of aliphatic hydroxyl groups is 1. The Bertz CT molecular complexity index is 1910. The van der Waals surface area contributed by atoms with Crippen molar-refractivity contribution >= 4 is 5.84 Å². The summed E-state index contributed by atoms with van der Waals surface area (Å²) in [6, 6.07) is 47.0. The summed E-state index contributed by atoms with van der Waals surface area (Å²) in [5.41, 5.74) is 8.96. The number of benzene rings is 5. The van der Waals surface area contributed by atoms with Crippen LogP contribution in [0.15, 0.2) is 150 Å². The van der Waals surface area contributed by atoms with Crippen molar-refractivity contribution in [2.24, 2.45) is 10.9 Å². The molecule has 7 rings (SSSR count). The predicted molar refractivity (Wildman–Crippen MR) is 199 cm³/mol. The fraction of sp³-hybridized carbons (Fsp3) is 0.250. The lowest BCUT2D eigenvalue weighted by molar-refractivity contribution is -0.739. The monoisotopic (exact) mass is 648 g/mol. The predicted octanol–water partition coefficient (Wildman–Crippen LogP) is 9.08. The topological polar surface area (TPSA) is 70.5 Å². The van der Waals surface area contributed by atoms with Crippen LogP contribution in [0.2, 0.25) is 0 Å². The summed E-state index contributed by atoms with van der Waals surface area (Å²) < 4.78 is 6.41. The van der Waals surface area contributed by atoms with E-state index in [1.54, 1.807) is 0 Å². The number of nitrogens with one attached hydrogen (secondary N) is 1. The van der Waals surface area contributed by atoms with Gasteiger partial charge in [0.25, 0.3) is 0 Å².